The van der Waals surface area contributed by atoms with Crippen molar-refractivity contribution in [1.29, 1.82) is 0 Å². The van der Waals surface area contributed by atoms with Gasteiger partial charge in [-0.15, -0.1) is 0 Å². The van der Waals surface area contributed by atoms with Gasteiger partial charge in [0.15, 0.2) is 0 Å². The van der Waals surface area contributed by atoms with Crippen molar-refractivity contribution in [3.05, 3.63) is 47.3 Å². The number of carbonyl (C=O) groups is 2. The number of hydrogen-bond donors (Lipinski definition) is 1. The lowest BCUT2D eigenvalue weighted by Gasteiger charge is -2.31. The maximum atomic E-state index is 13.1. The smallest absolute Gasteiger partial charge is 0.257 e. The fourth-order valence-corrected chi connectivity index (χ4v) is 3.67. The van der Waals surface area contributed by atoms with Crippen molar-refractivity contribution in [2.24, 2.45) is 5.92 Å². The van der Waals surface area contributed by atoms with E-state index in [2.05, 4.69) is 10.4 Å². The summed E-state index contributed by atoms with van der Waals surface area (Å²) < 4.78 is 1.83. The molecule has 1 fully saturated rings. The number of benzene rings is 1. The predicted octanol–water partition coefficient (Wildman–Crippen LogP) is 2.87. The maximum Gasteiger partial charge on any atom is 0.257 e. The first-order valence-corrected chi connectivity index (χ1v) is 9.71. The quantitative estimate of drug-likeness (QED) is 0.882. The second-order valence-electron chi connectivity index (χ2n) is 7.15. The lowest BCUT2D eigenvalue weighted by atomic mass is 9.95. The number of amides is 2. The van der Waals surface area contributed by atoms with Crippen LogP contribution in [-0.4, -0.2) is 46.1 Å². The number of hydrogen-bond acceptors (Lipinski definition) is 3. The van der Waals surface area contributed by atoms with Crippen molar-refractivity contribution < 1.29 is 9.59 Å². The number of para-hydroxylation sites is 1. The van der Waals surface area contributed by atoms with Crippen molar-refractivity contribution in [1.82, 2.24) is 20.0 Å². The van der Waals surface area contributed by atoms with Gasteiger partial charge in [0.2, 0.25) is 5.91 Å². The van der Waals surface area contributed by atoms with Gasteiger partial charge < -0.3 is 10.2 Å². The van der Waals surface area contributed by atoms with Crippen molar-refractivity contribution in [2.45, 2.75) is 40.0 Å². The van der Waals surface area contributed by atoms with Crippen LogP contribution in [0.15, 0.2) is 30.3 Å². The number of nitrogens with zero attached hydrogens (tertiary/aromatic N) is 3. The first-order valence-electron chi connectivity index (χ1n) is 9.71. The summed E-state index contributed by atoms with van der Waals surface area (Å²) in [7, 11) is 0. The van der Waals surface area contributed by atoms with Gasteiger partial charge >= 0.3 is 0 Å². The first-order chi connectivity index (χ1) is 13.0. The molecule has 0 atom stereocenters. The standard InChI is InChI=1S/C21H28N4O2/c1-4-12-22-20(26)17-10-13-24(14-11-17)21(27)19-15(2)23-25(16(19)3)18-8-6-5-7-9-18/h5-9,17H,4,10-14H2,1-3H3,(H,22,26). The highest BCUT2D eigenvalue weighted by atomic mass is 16.2. The molecule has 0 spiro atoms. The molecule has 2 aromatic rings. The minimum absolute atomic E-state index is 0.00911. The normalized spacial score (nSPS) is 15.0. The third-order valence-electron chi connectivity index (χ3n) is 5.21. The topological polar surface area (TPSA) is 67.2 Å². The molecule has 1 saturated heterocycles. The fraction of sp³-hybridized carbons (Fsp3) is 0.476. The fourth-order valence-electron chi connectivity index (χ4n) is 3.67. The highest BCUT2D eigenvalue weighted by Crippen LogP contribution is 2.23. The molecule has 0 aliphatic carbocycles. The molecule has 2 heterocycles. The number of rotatable bonds is 5. The molecule has 1 aliphatic heterocycles. The van der Waals surface area contributed by atoms with Crippen LogP contribution >= 0.6 is 0 Å². The number of carbonyl (C=O) groups excluding carboxylic acids is 2. The third kappa shape index (κ3) is 4.04. The summed E-state index contributed by atoms with van der Waals surface area (Å²) in [4.78, 5) is 27.1. The van der Waals surface area contributed by atoms with E-state index < -0.39 is 0 Å². The zero-order chi connectivity index (χ0) is 19.4. The second-order valence-corrected chi connectivity index (χ2v) is 7.15. The molecule has 6 nitrogen and oxygen atoms in total. The number of nitrogens with one attached hydrogen (secondary N) is 1. The van der Waals surface area contributed by atoms with Gasteiger partial charge in [-0.1, -0.05) is 25.1 Å². The number of aromatic nitrogens is 2. The molecular formula is C21H28N4O2. The molecule has 3 rings (SSSR count). The highest BCUT2D eigenvalue weighted by molar-refractivity contribution is 5.96. The van der Waals surface area contributed by atoms with Crippen LogP contribution in [0.25, 0.3) is 5.69 Å². The van der Waals surface area contributed by atoms with E-state index in [4.69, 9.17) is 0 Å². The Morgan fingerprint density at radius 3 is 2.44 bits per heavy atom. The molecule has 0 bridgehead atoms. The molecule has 1 aromatic heterocycles. The van der Waals surface area contributed by atoms with Gasteiger partial charge in [-0.25, -0.2) is 4.68 Å². The van der Waals surface area contributed by atoms with Gasteiger partial charge in [-0.05, 0) is 45.2 Å². The molecule has 1 aromatic carbocycles. The van der Waals surface area contributed by atoms with E-state index in [1.165, 1.54) is 0 Å². The number of likely N-dealkylation sites (tertiary alicyclic amines) is 1. The third-order valence-corrected chi connectivity index (χ3v) is 5.21. The Morgan fingerprint density at radius 1 is 1.15 bits per heavy atom. The van der Waals surface area contributed by atoms with E-state index >= 15 is 0 Å². The van der Waals surface area contributed by atoms with Crippen LogP contribution in [0, 0.1) is 19.8 Å². The summed E-state index contributed by atoms with van der Waals surface area (Å²) in [6, 6.07) is 9.84. The van der Waals surface area contributed by atoms with Crippen LogP contribution in [0.5, 0.6) is 0 Å². The van der Waals surface area contributed by atoms with E-state index in [0.717, 1.165) is 30.0 Å². The van der Waals surface area contributed by atoms with E-state index in [-0.39, 0.29) is 17.7 Å². The summed E-state index contributed by atoms with van der Waals surface area (Å²) in [6.07, 6.45) is 2.37. The van der Waals surface area contributed by atoms with Gasteiger partial charge in [0, 0.05) is 25.6 Å². The average Bonchev–Trinajstić information content (AvgIpc) is 3.00. The highest BCUT2D eigenvalue weighted by Gasteiger charge is 2.30. The van der Waals surface area contributed by atoms with E-state index in [0.29, 0.717) is 31.5 Å². The monoisotopic (exact) mass is 368 g/mol. The van der Waals surface area contributed by atoms with Crippen LogP contribution in [-0.2, 0) is 4.79 Å². The lowest BCUT2D eigenvalue weighted by molar-refractivity contribution is -0.126. The van der Waals surface area contributed by atoms with E-state index in [1.807, 2.05) is 60.7 Å². The summed E-state index contributed by atoms with van der Waals surface area (Å²) in [5.41, 5.74) is 3.21. The lowest BCUT2D eigenvalue weighted by Crippen LogP contribution is -2.43. The predicted molar refractivity (Wildman–Crippen MR) is 105 cm³/mol. The van der Waals surface area contributed by atoms with Gasteiger partial charge in [-0.3, -0.25) is 9.59 Å². The molecule has 0 saturated carbocycles. The maximum absolute atomic E-state index is 13.1. The summed E-state index contributed by atoms with van der Waals surface area (Å²) in [5, 5.41) is 7.54. The van der Waals surface area contributed by atoms with Crippen molar-refractivity contribution in [3.63, 3.8) is 0 Å². The molecule has 2 amide bonds. The Labute approximate surface area is 160 Å². The number of aryl methyl sites for hydroxylation is 1. The summed E-state index contributed by atoms with van der Waals surface area (Å²) >= 11 is 0. The van der Waals surface area contributed by atoms with Gasteiger partial charge in [-0.2, -0.15) is 5.10 Å². The Kier molecular flexibility index (Phi) is 5.94. The molecule has 1 aliphatic rings. The Bertz CT molecular complexity index is 805. The van der Waals surface area contributed by atoms with E-state index in [1.54, 1.807) is 0 Å². The number of piperidine rings is 1. The largest absolute Gasteiger partial charge is 0.356 e. The van der Waals surface area contributed by atoms with Crippen LogP contribution in [0.4, 0.5) is 0 Å². The molecule has 6 heteroatoms. The van der Waals surface area contributed by atoms with Gasteiger partial charge in [0.05, 0.1) is 22.6 Å². The first kappa shape index (κ1) is 19.1. The van der Waals surface area contributed by atoms with Crippen LogP contribution < -0.4 is 5.32 Å². The second kappa shape index (κ2) is 8.37. The molecule has 0 radical (unpaired) electrons. The molecule has 1 N–H and O–H groups in total. The van der Waals surface area contributed by atoms with Crippen molar-refractivity contribution >= 4 is 11.8 Å². The minimum atomic E-state index is 0.00911. The van der Waals surface area contributed by atoms with Crippen LogP contribution in [0.2, 0.25) is 0 Å². The van der Waals surface area contributed by atoms with Crippen molar-refractivity contribution in [3.8, 4) is 5.69 Å². The Morgan fingerprint density at radius 2 is 1.81 bits per heavy atom. The molecule has 144 valence electrons. The van der Waals surface area contributed by atoms with Crippen molar-refractivity contribution in [2.75, 3.05) is 19.6 Å². The Balaban J connectivity index is 1.71. The Hall–Kier alpha value is -2.63. The molecular weight excluding hydrogens is 340 g/mol. The van der Waals surface area contributed by atoms with Gasteiger partial charge in [0.25, 0.3) is 5.91 Å². The molecule has 0 unspecified atom stereocenters. The zero-order valence-corrected chi connectivity index (χ0v) is 16.4. The average molecular weight is 368 g/mol. The summed E-state index contributed by atoms with van der Waals surface area (Å²) in [5.74, 6) is 0.141. The van der Waals surface area contributed by atoms with Crippen LogP contribution in [0.1, 0.15) is 47.9 Å². The minimum Gasteiger partial charge on any atom is -0.356 e. The SMILES string of the molecule is CCCNC(=O)C1CCN(C(=O)c2c(C)nn(-c3ccccc3)c2C)CC1. The van der Waals surface area contributed by atoms with Crippen LogP contribution in [0.3, 0.4) is 0 Å². The summed E-state index contributed by atoms with van der Waals surface area (Å²) in [6.45, 7) is 7.80. The zero-order valence-electron chi connectivity index (χ0n) is 16.4. The molecule has 27 heavy (non-hydrogen) atoms. The van der Waals surface area contributed by atoms with Gasteiger partial charge in [0.1, 0.15) is 0 Å². The van der Waals surface area contributed by atoms with E-state index in [9.17, 15) is 9.59 Å².